The van der Waals surface area contributed by atoms with E-state index in [0.29, 0.717) is 23.6 Å². The van der Waals surface area contributed by atoms with Crippen LogP contribution in [0.2, 0.25) is 0 Å². The summed E-state index contributed by atoms with van der Waals surface area (Å²) >= 11 is 0. The Balaban J connectivity index is 2.03. The molecule has 8 nitrogen and oxygen atoms in total. The van der Waals surface area contributed by atoms with Crippen molar-refractivity contribution in [3.8, 4) is 0 Å². The molecule has 3 aromatic rings. The Morgan fingerprint density at radius 1 is 1.20 bits per heavy atom. The number of hydrogen-bond donors (Lipinski definition) is 1. The Hall–Kier alpha value is -3.23. The van der Waals surface area contributed by atoms with E-state index in [9.17, 15) is 14.0 Å². The summed E-state index contributed by atoms with van der Waals surface area (Å²) < 4.78 is 16.9. The van der Waals surface area contributed by atoms with Gasteiger partial charge in [0.2, 0.25) is 5.95 Å². The highest BCUT2D eigenvalue weighted by atomic mass is 19.1. The highest BCUT2D eigenvalue weighted by molar-refractivity contribution is 5.80. The summed E-state index contributed by atoms with van der Waals surface area (Å²) in [6.07, 6.45) is 1.51. The van der Waals surface area contributed by atoms with Gasteiger partial charge in [0.15, 0.2) is 11.2 Å². The molecular formula is C16H17FN6O2. The number of benzene rings is 1. The first-order valence-corrected chi connectivity index (χ1v) is 7.65. The zero-order valence-corrected chi connectivity index (χ0v) is 14.0. The molecule has 0 radical (unpaired) electrons. The van der Waals surface area contributed by atoms with Crippen molar-refractivity contribution in [3.05, 3.63) is 56.5 Å². The number of aryl methyl sites for hydroxylation is 2. The maximum Gasteiger partial charge on any atom is 0.332 e. The van der Waals surface area contributed by atoms with E-state index in [0.717, 1.165) is 4.57 Å². The summed E-state index contributed by atoms with van der Waals surface area (Å²) in [4.78, 5) is 28.8. The highest BCUT2D eigenvalue weighted by Crippen LogP contribution is 2.15. The third-order valence-electron chi connectivity index (χ3n) is 3.91. The minimum absolute atomic E-state index is 0.287. The predicted molar refractivity (Wildman–Crippen MR) is 93.5 cm³/mol. The number of nitrogens with one attached hydrogen (secondary N) is 1. The molecule has 1 N–H and O–H groups in total. The Kier molecular flexibility index (Phi) is 4.22. The molecule has 0 aliphatic carbocycles. The van der Waals surface area contributed by atoms with E-state index in [1.807, 2.05) is 6.92 Å². The zero-order chi connectivity index (χ0) is 18.1. The summed E-state index contributed by atoms with van der Waals surface area (Å²) in [5.74, 6) is 0.0174. The summed E-state index contributed by atoms with van der Waals surface area (Å²) in [5.41, 5.74) is 3.23. The van der Waals surface area contributed by atoms with Gasteiger partial charge in [-0.1, -0.05) is 12.1 Å². The SMILES string of the molecule is CCn1c(N/N=C\c2ccc(F)cc2)nc2c1c(=O)n(C)c(=O)n2C. The van der Waals surface area contributed by atoms with Crippen LogP contribution in [-0.4, -0.2) is 24.9 Å². The van der Waals surface area contributed by atoms with Crippen LogP contribution in [0.1, 0.15) is 12.5 Å². The third-order valence-corrected chi connectivity index (χ3v) is 3.91. The largest absolute Gasteiger partial charge is 0.332 e. The van der Waals surface area contributed by atoms with Gasteiger partial charge in [0.25, 0.3) is 5.56 Å². The van der Waals surface area contributed by atoms with E-state index in [1.165, 1.54) is 30.0 Å². The number of rotatable bonds is 4. The molecule has 0 fully saturated rings. The van der Waals surface area contributed by atoms with Crippen LogP contribution in [0.5, 0.6) is 0 Å². The summed E-state index contributed by atoms with van der Waals surface area (Å²) in [7, 11) is 2.99. The van der Waals surface area contributed by atoms with E-state index in [4.69, 9.17) is 0 Å². The van der Waals surface area contributed by atoms with Crippen LogP contribution in [0.3, 0.4) is 0 Å². The molecule has 0 aliphatic heterocycles. The number of aromatic nitrogens is 4. The van der Waals surface area contributed by atoms with Gasteiger partial charge in [0.05, 0.1) is 6.21 Å². The second-order valence-electron chi connectivity index (χ2n) is 5.48. The Morgan fingerprint density at radius 2 is 1.88 bits per heavy atom. The molecule has 0 bridgehead atoms. The van der Waals surface area contributed by atoms with Crippen LogP contribution in [0, 0.1) is 5.82 Å². The van der Waals surface area contributed by atoms with Crippen molar-refractivity contribution in [2.24, 2.45) is 19.2 Å². The Morgan fingerprint density at radius 3 is 2.52 bits per heavy atom. The molecule has 0 spiro atoms. The van der Waals surface area contributed by atoms with Crippen LogP contribution in [0.15, 0.2) is 39.0 Å². The van der Waals surface area contributed by atoms with Gasteiger partial charge < -0.3 is 4.57 Å². The second-order valence-corrected chi connectivity index (χ2v) is 5.48. The molecule has 0 saturated carbocycles. The minimum Gasteiger partial charge on any atom is -0.303 e. The number of halogens is 1. The molecule has 1 aromatic carbocycles. The first-order chi connectivity index (χ1) is 11.9. The normalized spacial score (nSPS) is 11.5. The predicted octanol–water partition coefficient (Wildman–Crippen LogP) is 1.04. The maximum atomic E-state index is 12.9. The van der Waals surface area contributed by atoms with Gasteiger partial charge in [0.1, 0.15) is 5.82 Å². The van der Waals surface area contributed by atoms with Gasteiger partial charge in [-0.05, 0) is 24.6 Å². The van der Waals surface area contributed by atoms with Crippen molar-refractivity contribution in [2.45, 2.75) is 13.5 Å². The van der Waals surface area contributed by atoms with Gasteiger partial charge in [-0.2, -0.15) is 10.1 Å². The molecular weight excluding hydrogens is 327 g/mol. The fraction of sp³-hybridized carbons (Fsp3) is 0.250. The maximum absolute atomic E-state index is 12.9. The van der Waals surface area contributed by atoms with Crippen molar-refractivity contribution in [1.82, 2.24) is 18.7 Å². The topological polar surface area (TPSA) is 86.2 Å². The van der Waals surface area contributed by atoms with Crippen LogP contribution in [0.25, 0.3) is 11.2 Å². The molecule has 0 atom stereocenters. The van der Waals surface area contributed by atoms with Crippen molar-refractivity contribution >= 4 is 23.3 Å². The lowest BCUT2D eigenvalue weighted by Crippen LogP contribution is -2.37. The second kappa shape index (κ2) is 6.34. The lowest BCUT2D eigenvalue weighted by atomic mass is 10.2. The summed E-state index contributed by atoms with van der Waals surface area (Å²) in [5, 5.41) is 4.07. The van der Waals surface area contributed by atoms with E-state index >= 15 is 0 Å². The van der Waals surface area contributed by atoms with Crippen molar-refractivity contribution < 1.29 is 4.39 Å². The number of anilines is 1. The van der Waals surface area contributed by atoms with E-state index < -0.39 is 11.2 Å². The quantitative estimate of drug-likeness (QED) is 0.566. The zero-order valence-electron chi connectivity index (χ0n) is 14.0. The molecule has 0 aliphatic rings. The van der Waals surface area contributed by atoms with Gasteiger partial charge in [-0.15, -0.1) is 0 Å². The average Bonchev–Trinajstić information content (AvgIpc) is 2.98. The fourth-order valence-corrected chi connectivity index (χ4v) is 2.55. The van der Waals surface area contributed by atoms with Crippen LogP contribution in [0.4, 0.5) is 10.3 Å². The Bertz CT molecular complexity index is 1080. The number of hydrazone groups is 1. The van der Waals surface area contributed by atoms with Crippen molar-refractivity contribution in [3.63, 3.8) is 0 Å². The first-order valence-electron chi connectivity index (χ1n) is 7.65. The lowest BCUT2D eigenvalue weighted by molar-refractivity contribution is 0.628. The number of fused-ring (bicyclic) bond motifs is 1. The number of nitrogens with zero attached hydrogens (tertiary/aromatic N) is 5. The van der Waals surface area contributed by atoms with Gasteiger partial charge in [-0.3, -0.25) is 13.9 Å². The summed E-state index contributed by atoms with van der Waals surface area (Å²) in [6, 6.07) is 5.84. The van der Waals surface area contributed by atoms with Crippen LogP contribution >= 0.6 is 0 Å². The van der Waals surface area contributed by atoms with E-state index in [1.54, 1.807) is 23.7 Å². The standard InChI is InChI=1S/C16H17FN6O2/c1-4-23-12-13(21(2)16(25)22(3)14(12)24)19-15(23)20-18-9-10-5-7-11(17)8-6-10/h5-9H,4H2,1-3H3,(H,19,20)/b18-9-. The smallest absolute Gasteiger partial charge is 0.303 e. The van der Waals surface area contributed by atoms with Gasteiger partial charge >= 0.3 is 5.69 Å². The average molecular weight is 344 g/mol. The fourth-order valence-electron chi connectivity index (χ4n) is 2.55. The lowest BCUT2D eigenvalue weighted by Gasteiger charge is -2.05. The molecule has 2 aromatic heterocycles. The molecule has 25 heavy (non-hydrogen) atoms. The van der Waals surface area contributed by atoms with Gasteiger partial charge in [-0.25, -0.2) is 14.6 Å². The first kappa shape index (κ1) is 16.6. The van der Waals surface area contributed by atoms with E-state index in [-0.39, 0.29) is 11.5 Å². The van der Waals surface area contributed by atoms with Gasteiger partial charge in [0, 0.05) is 20.6 Å². The van der Waals surface area contributed by atoms with Crippen molar-refractivity contribution in [2.75, 3.05) is 5.43 Å². The number of hydrogen-bond acceptors (Lipinski definition) is 5. The molecule has 130 valence electrons. The molecule has 0 amide bonds. The van der Waals surface area contributed by atoms with Crippen LogP contribution < -0.4 is 16.7 Å². The molecule has 2 heterocycles. The molecule has 0 saturated heterocycles. The number of imidazole rings is 1. The van der Waals surface area contributed by atoms with Crippen LogP contribution in [-0.2, 0) is 20.6 Å². The summed E-state index contributed by atoms with van der Waals surface area (Å²) in [6.45, 7) is 2.33. The minimum atomic E-state index is -0.445. The van der Waals surface area contributed by atoms with E-state index in [2.05, 4.69) is 15.5 Å². The molecule has 0 unspecified atom stereocenters. The van der Waals surface area contributed by atoms with Crippen molar-refractivity contribution in [1.29, 1.82) is 0 Å². The molecule has 3 rings (SSSR count). The Labute approximate surface area is 141 Å². The highest BCUT2D eigenvalue weighted by Gasteiger charge is 2.17. The third kappa shape index (κ3) is 2.84. The monoisotopic (exact) mass is 344 g/mol. The molecule has 9 heteroatoms.